The molecular formula is C16H26N2O3. The summed E-state index contributed by atoms with van der Waals surface area (Å²) < 4.78 is 5.39. The van der Waals surface area contributed by atoms with E-state index in [-0.39, 0.29) is 29.9 Å². The average molecular weight is 294 g/mol. The summed E-state index contributed by atoms with van der Waals surface area (Å²) in [5.74, 6) is 0.566. The first-order chi connectivity index (χ1) is 10.2. The zero-order chi connectivity index (χ0) is 14.8. The number of carbonyl (C=O) groups excluding carboxylic acids is 2. The molecule has 2 amide bonds. The van der Waals surface area contributed by atoms with Crippen molar-refractivity contribution in [1.29, 1.82) is 0 Å². The van der Waals surface area contributed by atoms with Crippen molar-refractivity contribution in [2.45, 2.75) is 70.0 Å². The minimum absolute atomic E-state index is 0.00538. The van der Waals surface area contributed by atoms with E-state index in [1.807, 2.05) is 0 Å². The van der Waals surface area contributed by atoms with E-state index in [1.165, 1.54) is 0 Å². The molecule has 0 radical (unpaired) electrons. The van der Waals surface area contributed by atoms with Crippen molar-refractivity contribution in [1.82, 2.24) is 10.2 Å². The molecule has 0 aromatic heterocycles. The first kappa shape index (κ1) is 15.0. The fraction of sp³-hybridized carbons (Fsp3) is 0.875. The Morgan fingerprint density at radius 1 is 1.14 bits per heavy atom. The van der Waals surface area contributed by atoms with Crippen LogP contribution in [0.25, 0.3) is 0 Å². The molecule has 1 saturated carbocycles. The highest BCUT2D eigenvalue weighted by molar-refractivity contribution is 6.05. The van der Waals surface area contributed by atoms with Gasteiger partial charge in [-0.1, -0.05) is 12.8 Å². The fourth-order valence-corrected chi connectivity index (χ4v) is 4.00. The normalized spacial score (nSPS) is 30.3. The van der Waals surface area contributed by atoms with E-state index >= 15 is 0 Å². The number of rotatable bonds is 4. The summed E-state index contributed by atoms with van der Waals surface area (Å²) in [5, 5.41) is 3.41. The Morgan fingerprint density at radius 2 is 1.81 bits per heavy atom. The van der Waals surface area contributed by atoms with Crippen molar-refractivity contribution in [2.24, 2.45) is 5.92 Å². The maximum atomic E-state index is 12.5. The first-order valence-electron chi connectivity index (χ1n) is 8.36. The van der Waals surface area contributed by atoms with Gasteiger partial charge in [-0.3, -0.25) is 14.5 Å². The highest BCUT2D eigenvalue weighted by Crippen LogP contribution is 2.29. The minimum Gasteiger partial charge on any atom is -0.381 e. The van der Waals surface area contributed by atoms with E-state index < -0.39 is 0 Å². The Labute approximate surface area is 126 Å². The summed E-state index contributed by atoms with van der Waals surface area (Å²) in [6.07, 6.45) is 6.66. The smallest absolute Gasteiger partial charge is 0.247 e. The Balaban J connectivity index is 1.58. The van der Waals surface area contributed by atoms with Crippen LogP contribution in [0.15, 0.2) is 0 Å². The second-order valence-corrected chi connectivity index (χ2v) is 6.70. The lowest BCUT2D eigenvalue weighted by molar-refractivity contribution is -0.141. The van der Waals surface area contributed by atoms with Gasteiger partial charge >= 0.3 is 0 Å². The maximum Gasteiger partial charge on any atom is 0.247 e. The number of imide groups is 1. The lowest BCUT2D eigenvalue weighted by atomic mass is 9.92. The third kappa shape index (κ3) is 3.14. The van der Waals surface area contributed by atoms with Crippen LogP contribution in [0.1, 0.15) is 51.9 Å². The lowest BCUT2D eigenvalue weighted by Gasteiger charge is -2.30. The van der Waals surface area contributed by atoms with Crippen molar-refractivity contribution in [3.05, 3.63) is 0 Å². The summed E-state index contributed by atoms with van der Waals surface area (Å²) in [4.78, 5) is 26.3. The van der Waals surface area contributed by atoms with Gasteiger partial charge in [0.1, 0.15) is 0 Å². The summed E-state index contributed by atoms with van der Waals surface area (Å²) in [7, 11) is 0. The van der Waals surface area contributed by atoms with Gasteiger partial charge in [-0.15, -0.1) is 0 Å². The van der Waals surface area contributed by atoms with Crippen LogP contribution >= 0.6 is 0 Å². The van der Waals surface area contributed by atoms with E-state index in [2.05, 4.69) is 12.2 Å². The predicted molar refractivity (Wildman–Crippen MR) is 78.7 cm³/mol. The van der Waals surface area contributed by atoms with E-state index in [1.54, 1.807) is 4.90 Å². The van der Waals surface area contributed by atoms with Crippen LogP contribution in [0, 0.1) is 5.92 Å². The van der Waals surface area contributed by atoms with E-state index in [9.17, 15) is 9.59 Å². The molecule has 3 fully saturated rings. The molecule has 0 bridgehead atoms. The number of hydrogen-bond donors (Lipinski definition) is 1. The number of nitrogens with zero attached hydrogens (tertiary/aromatic N) is 1. The molecule has 5 nitrogen and oxygen atoms in total. The van der Waals surface area contributed by atoms with Crippen LogP contribution in [0.4, 0.5) is 0 Å². The number of amides is 2. The summed E-state index contributed by atoms with van der Waals surface area (Å²) in [6, 6.07) is 0.116. The molecule has 0 aromatic rings. The maximum absolute atomic E-state index is 12.5. The molecule has 2 unspecified atom stereocenters. The molecule has 1 N–H and O–H groups in total. The molecule has 0 spiro atoms. The van der Waals surface area contributed by atoms with Crippen molar-refractivity contribution in [3.63, 3.8) is 0 Å². The summed E-state index contributed by atoms with van der Waals surface area (Å²) in [6.45, 7) is 3.75. The van der Waals surface area contributed by atoms with Gasteiger partial charge < -0.3 is 10.1 Å². The van der Waals surface area contributed by atoms with Gasteiger partial charge in [0.2, 0.25) is 11.8 Å². The SMILES string of the molecule is CC(NC1CC(=O)N(C2CCCC2)C1=O)C1CCOCC1. The van der Waals surface area contributed by atoms with Crippen LogP contribution in [-0.4, -0.2) is 48.1 Å². The Morgan fingerprint density at radius 3 is 2.48 bits per heavy atom. The van der Waals surface area contributed by atoms with Crippen molar-refractivity contribution in [2.75, 3.05) is 13.2 Å². The third-order valence-corrected chi connectivity index (χ3v) is 5.31. The second kappa shape index (κ2) is 6.44. The molecule has 3 rings (SSSR count). The number of nitrogens with one attached hydrogen (secondary N) is 1. The Kier molecular flexibility index (Phi) is 4.60. The van der Waals surface area contributed by atoms with Gasteiger partial charge in [-0.2, -0.15) is 0 Å². The van der Waals surface area contributed by atoms with E-state index in [0.29, 0.717) is 12.3 Å². The summed E-state index contributed by atoms with van der Waals surface area (Å²) in [5.41, 5.74) is 0. The molecule has 2 saturated heterocycles. The monoisotopic (exact) mass is 294 g/mol. The van der Waals surface area contributed by atoms with Gasteiger partial charge in [0.15, 0.2) is 0 Å². The first-order valence-corrected chi connectivity index (χ1v) is 8.36. The standard InChI is InChI=1S/C16H26N2O3/c1-11(12-6-8-21-9-7-12)17-14-10-15(19)18(16(14)20)13-4-2-3-5-13/h11-14,17H,2-10H2,1H3. The molecule has 1 aliphatic carbocycles. The molecule has 0 aromatic carbocycles. The number of hydrogen-bond acceptors (Lipinski definition) is 4. The fourth-order valence-electron chi connectivity index (χ4n) is 4.00. The highest BCUT2D eigenvalue weighted by atomic mass is 16.5. The predicted octanol–water partition coefficient (Wildman–Crippen LogP) is 1.46. The molecular weight excluding hydrogens is 268 g/mol. The van der Waals surface area contributed by atoms with Crippen LogP contribution < -0.4 is 5.32 Å². The molecule has 2 aliphatic heterocycles. The molecule has 5 heteroatoms. The molecule has 3 aliphatic rings. The van der Waals surface area contributed by atoms with Gasteiger partial charge in [-0.25, -0.2) is 0 Å². The van der Waals surface area contributed by atoms with Gasteiger partial charge in [0.05, 0.1) is 12.5 Å². The van der Waals surface area contributed by atoms with Crippen LogP contribution in [0.5, 0.6) is 0 Å². The summed E-state index contributed by atoms with van der Waals surface area (Å²) >= 11 is 0. The third-order valence-electron chi connectivity index (χ3n) is 5.31. The lowest BCUT2D eigenvalue weighted by Crippen LogP contribution is -2.48. The Hall–Kier alpha value is -0.940. The molecule has 2 atom stereocenters. The topological polar surface area (TPSA) is 58.6 Å². The number of ether oxygens (including phenoxy) is 1. The van der Waals surface area contributed by atoms with E-state index in [4.69, 9.17) is 4.74 Å². The van der Waals surface area contributed by atoms with Crippen LogP contribution in [0.3, 0.4) is 0 Å². The number of carbonyl (C=O) groups is 2. The van der Waals surface area contributed by atoms with Crippen molar-refractivity contribution >= 4 is 11.8 Å². The van der Waals surface area contributed by atoms with Crippen LogP contribution in [0.2, 0.25) is 0 Å². The molecule has 118 valence electrons. The quantitative estimate of drug-likeness (QED) is 0.798. The molecule has 2 heterocycles. The second-order valence-electron chi connectivity index (χ2n) is 6.70. The minimum atomic E-state index is -0.309. The Bertz CT molecular complexity index is 400. The average Bonchev–Trinajstić information content (AvgIpc) is 3.09. The van der Waals surface area contributed by atoms with Crippen LogP contribution in [-0.2, 0) is 14.3 Å². The van der Waals surface area contributed by atoms with Gasteiger partial charge in [0, 0.05) is 25.3 Å². The highest BCUT2D eigenvalue weighted by Gasteiger charge is 2.43. The number of likely N-dealkylation sites (tertiary alicyclic amines) is 1. The van der Waals surface area contributed by atoms with E-state index in [0.717, 1.165) is 51.7 Å². The van der Waals surface area contributed by atoms with Crippen molar-refractivity contribution in [3.8, 4) is 0 Å². The zero-order valence-electron chi connectivity index (χ0n) is 12.8. The van der Waals surface area contributed by atoms with Crippen molar-refractivity contribution < 1.29 is 14.3 Å². The van der Waals surface area contributed by atoms with Gasteiger partial charge in [0.25, 0.3) is 0 Å². The zero-order valence-corrected chi connectivity index (χ0v) is 12.8. The van der Waals surface area contributed by atoms with Gasteiger partial charge in [-0.05, 0) is 38.5 Å². The largest absolute Gasteiger partial charge is 0.381 e. The molecule has 21 heavy (non-hydrogen) atoms.